The smallest absolute Gasteiger partial charge is 0.161 e. The highest BCUT2D eigenvalue weighted by Gasteiger charge is 2.43. The van der Waals surface area contributed by atoms with Crippen molar-refractivity contribution in [3.8, 4) is 11.1 Å². The van der Waals surface area contributed by atoms with Crippen LogP contribution in [0, 0.1) is 5.92 Å². The number of hydrogen-bond donors (Lipinski definition) is 0. The molecule has 110 valence electrons. The molecule has 1 fully saturated rings. The Hall–Kier alpha value is -1.83. The molecule has 0 saturated heterocycles. The summed E-state index contributed by atoms with van der Waals surface area (Å²) in [4.78, 5) is 12.8. The molecule has 0 atom stereocenters. The van der Waals surface area contributed by atoms with Gasteiger partial charge in [-0.15, -0.1) is 0 Å². The van der Waals surface area contributed by atoms with Crippen molar-refractivity contribution in [3.63, 3.8) is 0 Å². The summed E-state index contributed by atoms with van der Waals surface area (Å²) in [7, 11) is 0. The summed E-state index contributed by atoms with van der Waals surface area (Å²) >= 11 is 0. The highest BCUT2D eigenvalue weighted by atomic mass is 16.1. The molecule has 0 radical (unpaired) electrons. The third-order valence-corrected chi connectivity index (χ3v) is 4.71. The van der Waals surface area contributed by atoms with Crippen LogP contribution < -0.4 is 0 Å². The Balaban J connectivity index is 1.99. The van der Waals surface area contributed by atoms with E-state index in [1.54, 1.807) is 0 Å². The van der Waals surface area contributed by atoms with Crippen LogP contribution in [-0.4, -0.2) is 10.4 Å². The topological polar surface area (TPSA) is 22.0 Å². The van der Waals surface area contributed by atoms with Gasteiger partial charge in [-0.2, -0.15) is 0 Å². The first-order chi connectivity index (χ1) is 10.1. The van der Waals surface area contributed by atoms with Crippen LogP contribution in [0.5, 0.6) is 0 Å². The van der Waals surface area contributed by atoms with Crippen molar-refractivity contribution in [1.82, 2.24) is 4.57 Å². The van der Waals surface area contributed by atoms with Crippen LogP contribution in [0.3, 0.4) is 0 Å². The van der Waals surface area contributed by atoms with Gasteiger partial charge in [0, 0.05) is 18.3 Å². The number of Topliss-reactive ketones (excluding diaryl/α,β-unsaturated/α-hetero) is 1. The minimum Gasteiger partial charge on any atom is -0.341 e. The molecule has 0 bridgehead atoms. The summed E-state index contributed by atoms with van der Waals surface area (Å²) in [6, 6.07) is 12.5. The average Bonchev–Trinajstić information content (AvgIpc) is 3.17. The molecule has 0 unspecified atom stereocenters. The second-order valence-corrected chi connectivity index (χ2v) is 6.43. The number of ketones is 1. The Kier molecular flexibility index (Phi) is 3.71. The standard InChI is InChI=1S/C19H23NO/c1-15(2)18(21)19(11-6-7-12-19)20-13-10-17(14-20)16-8-4-3-5-9-16/h3-5,8-10,13-15H,6-7,11-12H2,1-2H3. The highest BCUT2D eigenvalue weighted by molar-refractivity contribution is 5.88. The number of carbonyl (C=O) groups excluding carboxylic acids is 1. The van der Waals surface area contributed by atoms with Gasteiger partial charge in [-0.05, 0) is 30.0 Å². The van der Waals surface area contributed by atoms with Crippen LogP contribution in [0.15, 0.2) is 48.8 Å². The van der Waals surface area contributed by atoms with Gasteiger partial charge in [-0.3, -0.25) is 4.79 Å². The van der Waals surface area contributed by atoms with Crippen LogP contribution in [0.1, 0.15) is 39.5 Å². The molecule has 0 spiro atoms. The van der Waals surface area contributed by atoms with Crippen LogP contribution in [0.2, 0.25) is 0 Å². The fourth-order valence-corrected chi connectivity index (χ4v) is 3.59. The van der Waals surface area contributed by atoms with Crippen molar-refractivity contribution in [2.75, 3.05) is 0 Å². The number of rotatable bonds is 4. The van der Waals surface area contributed by atoms with Crippen LogP contribution in [0.25, 0.3) is 11.1 Å². The van der Waals surface area contributed by atoms with E-state index in [9.17, 15) is 4.79 Å². The lowest BCUT2D eigenvalue weighted by molar-refractivity contribution is -0.130. The van der Waals surface area contributed by atoms with Gasteiger partial charge < -0.3 is 4.57 Å². The Morgan fingerprint density at radius 1 is 1.05 bits per heavy atom. The first-order valence-corrected chi connectivity index (χ1v) is 7.92. The fourth-order valence-electron chi connectivity index (χ4n) is 3.59. The predicted molar refractivity (Wildman–Crippen MR) is 86.2 cm³/mol. The zero-order valence-electron chi connectivity index (χ0n) is 12.9. The normalized spacial score (nSPS) is 17.3. The third-order valence-electron chi connectivity index (χ3n) is 4.71. The monoisotopic (exact) mass is 281 g/mol. The number of hydrogen-bond acceptors (Lipinski definition) is 1. The van der Waals surface area contributed by atoms with Crippen LogP contribution in [-0.2, 0) is 10.3 Å². The summed E-state index contributed by atoms with van der Waals surface area (Å²) < 4.78 is 2.19. The van der Waals surface area contributed by atoms with Gasteiger partial charge in [0.25, 0.3) is 0 Å². The molecular formula is C19H23NO. The molecule has 1 heterocycles. The van der Waals surface area contributed by atoms with Gasteiger partial charge in [0.05, 0.1) is 0 Å². The van der Waals surface area contributed by atoms with Crippen molar-refractivity contribution in [3.05, 3.63) is 48.8 Å². The van der Waals surface area contributed by atoms with E-state index >= 15 is 0 Å². The molecule has 0 N–H and O–H groups in total. The second kappa shape index (κ2) is 5.51. The van der Waals surface area contributed by atoms with Crippen molar-refractivity contribution < 1.29 is 4.79 Å². The number of carbonyl (C=O) groups is 1. The Morgan fingerprint density at radius 3 is 2.33 bits per heavy atom. The molecule has 2 aromatic rings. The minimum absolute atomic E-state index is 0.0886. The molecule has 2 nitrogen and oxygen atoms in total. The molecule has 1 aromatic carbocycles. The molecule has 0 amide bonds. The maximum absolute atomic E-state index is 12.8. The van der Waals surface area contributed by atoms with E-state index < -0.39 is 0 Å². The molecule has 2 heteroatoms. The maximum atomic E-state index is 12.8. The highest BCUT2D eigenvalue weighted by Crippen LogP contribution is 2.40. The summed E-state index contributed by atoms with van der Waals surface area (Å²) in [5, 5.41) is 0. The first kappa shape index (κ1) is 14.1. The first-order valence-electron chi connectivity index (χ1n) is 7.92. The molecule has 1 aromatic heterocycles. The van der Waals surface area contributed by atoms with Gasteiger partial charge >= 0.3 is 0 Å². The summed E-state index contributed by atoms with van der Waals surface area (Å²) in [5.41, 5.74) is 2.10. The van der Waals surface area contributed by atoms with E-state index in [2.05, 4.69) is 47.3 Å². The van der Waals surface area contributed by atoms with E-state index in [-0.39, 0.29) is 11.5 Å². The van der Waals surface area contributed by atoms with E-state index in [0.29, 0.717) is 5.78 Å². The van der Waals surface area contributed by atoms with Crippen molar-refractivity contribution >= 4 is 5.78 Å². The summed E-state index contributed by atoms with van der Waals surface area (Å²) in [5.74, 6) is 0.473. The van der Waals surface area contributed by atoms with E-state index in [1.807, 2.05) is 19.9 Å². The van der Waals surface area contributed by atoms with E-state index in [1.165, 1.54) is 11.1 Å². The molecule has 1 saturated carbocycles. The lowest BCUT2D eigenvalue weighted by Gasteiger charge is -2.31. The Bertz CT molecular complexity index is 618. The number of nitrogens with zero attached hydrogens (tertiary/aromatic N) is 1. The molecule has 21 heavy (non-hydrogen) atoms. The predicted octanol–water partition coefficient (Wildman–Crippen LogP) is 4.65. The Labute approximate surface area is 126 Å². The minimum atomic E-state index is -0.304. The van der Waals surface area contributed by atoms with E-state index in [4.69, 9.17) is 0 Å². The maximum Gasteiger partial charge on any atom is 0.161 e. The molecule has 0 aliphatic heterocycles. The van der Waals surface area contributed by atoms with Gasteiger partial charge in [0.1, 0.15) is 5.54 Å². The lowest BCUT2D eigenvalue weighted by atomic mass is 9.85. The lowest BCUT2D eigenvalue weighted by Crippen LogP contribution is -2.41. The van der Waals surface area contributed by atoms with Gasteiger partial charge in [-0.1, -0.05) is 57.0 Å². The zero-order chi connectivity index (χ0) is 14.9. The third kappa shape index (κ3) is 2.44. The SMILES string of the molecule is CC(C)C(=O)C1(n2ccc(-c3ccccc3)c2)CCCC1. The van der Waals surface area contributed by atoms with Crippen molar-refractivity contribution in [2.45, 2.75) is 45.1 Å². The van der Waals surface area contributed by atoms with Gasteiger partial charge in [0.2, 0.25) is 0 Å². The average molecular weight is 281 g/mol. The molecule has 1 aliphatic carbocycles. The molecule has 3 rings (SSSR count). The van der Waals surface area contributed by atoms with Crippen LogP contribution >= 0.6 is 0 Å². The van der Waals surface area contributed by atoms with Gasteiger partial charge in [0.15, 0.2) is 5.78 Å². The molecule has 1 aliphatic rings. The summed E-state index contributed by atoms with van der Waals surface area (Å²) in [6.45, 7) is 4.04. The van der Waals surface area contributed by atoms with Crippen LogP contribution in [0.4, 0.5) is 0 Å². The van der Waals surface area contributed by atoms with E-state index in [0.717, 1.165) is 25.7 Å². The van der Waals surface area contributed by atoms with Crippen molar-refractivity contribution in [1.29, 1.82) is 0 Å². The van der Waals surface area contributed by atoms with Crippen molar-refractivity contribution in [2.24, 2.45) is 5.92 Å². The number of aromatic nitrogens is 1. The summed E-state index contributed by atoms with van der Waals surface area (Å²) in [6.07, 6.45) is 8.50. The fraction of sp³-hybridized carbons (Fsp3) is 0.421. The second-order valence-electron chi connectivity index (χ2n) is 6.43. The van der Waals surface area contributed by atoms with Gasteiger partial charge in [-0.25, -0.2) is 0 Å². The zero-order valence-corrected chi connectivity index (χ0v) is 12.9. The largest absolute Gasteiger partial charge is 0.341 e. The molecular weight excluding hydrogens is 258 g/mol. The number of benzene rings is 1. The Morgan fingerprint density at radius 2 is 1.71 bits per heavy atom. The quantitative estimate of drug-likeness (QED) is 0.799.